The Bertz CT molecular complexity index is 258. The summed E-state index contributed by atoms with van der Waals surface area (Å²) in [5.74, 6) is 0.706. The molecule has 1 heterocycles. The molecular formula is C11H18N2O. The van der Waals surface area contributed by atoms with Crippen molar-refractivity contribution >= 4 is 0 Å². The lowest BCUT2D eigenvalue weighted by Gasteiger charge is -2.16. The molecule has 1 aromatic heterocycles. The van der Waals surface area contributed by atoms with E-state index in [-0.39, 0.29) is 6.10 Å². The van der Waals surface area contributed by atoms with Crippen LogP contribution in [0.15, 0.2) is 18.3 Å². The first-order chi connectivity index (χ1) is 6.76. The summed E-state index contributed by atoms with van der Waals surface area (Å²) in [5.41, 5.74) is 1.15. The molecule has 3 heteroatoms. The third kappa shape index (κ3) is 3.34. The summed E-state index contributed by atoms with van der Waals surface area (Å²) in [4.78, 5) is 4.20. The second-order valence-electron chi connectivity index (χ2n) is 3.38. The van der Waals surface area contributed by atoms with E-state index in [0.717, 1.165) is 18.5 Å². The lowest BCUT2D eigenvalue weighted by molar-refractivity contribution is 0.188. The first kappa shape index (κ1) is 11.0. The van der Waals surface area contributed by atoms with Crippen LogP contribution in [0.3, 0.4) is 0 Å². The van der Waals surface area contributed by atoms with Crippen molar-refractivity contribution in [3.63, 3.8) is 0 Å². The molecule has 0 aliphatic carbocycles. The Balaban J connectivity index is 2.53. The number of hydrogen-bond acceptors (Lipinski definition) is 3. The van der Waals surface area contributed by atoms with Gasteiger partial charge in [-0.05, 0) is 26.0 Å². The lowest BCUT2D eigenvalue weighted by atomic mass is 10.3. The summed E-state index contributed by atoms with van der Waals surface area (Å²) in [6.45, 7) is 4.98. The number of nitrogens with one attached hydrogen (secondary N) is 1. The highest BCUT2D eigenvalue weighted by Crippen LogP contribution is 2.09. The molecule has 0 spiro atoms. The van der Waals surface area contributed by atoms with Crippen molar-refractivity contribution in [3.8, 4) is 5.88 Å². The molecule has 0 saturated carbocycles. The smallest absolute Gasteiger partial charge is 0.213 e. The highest BCUT2D eigenvalue weighted by atomic mass is 16.5. The average Bonchev–Trinajstić information content (AvgIpc) is 2.20. The van der Waals surface area contributed by atoms with Crippen LogP contribution >= 0.6 is 0 Å². The first-order valence-electron chi connectivity index (χ1n) is 5.00. The van der Waals surface area contributed by atoms with E-state index in [1.165, 1.54) is 0 Å². The number of ether oxygens (including phenoxy) is 1. The summed E-state index contributed by atoms with van der Waals surface area (Å²) in [6.07, 6.45) is 3.01. The monoisotopic (exact) mass is 194 g/mol. The third-order valence-electron chi connectivity index (χ3n) is 2.06. The molecule has 0 bridgehead atoms. The van der Waals surface area contributed by atoms with Crippen LogP contribution in [-0.4, -0.2) is 24.7 Å². The number of pyridine rings is 1. The van der Waals surface area contributed by atoms with Gasteiger partial charge in [-0.2, -0.15) is 0 Å². The van der Waals surface area contributed by atoms with Gasteiger partial charge in [-0.1, -0.05) is 13.0 Å². The van der Waals surface area contributed by atoms with Crippen LogP contribution in [0.5, 0.6) is 5.88 Å². The van der Waals surface area contributed by atoms with Gasteiger partial charge in [0.1, 0.15) is 6.10 Å². The Morgan fingerprint density at radius 1 is 1.50 bits per heavy atom. The van der Waals surface area contributed by atoms with Crippen molar-refractivity contribution in [2.24, 2.45) is 0 Å². The standard InChI is InChI=1S/C11H18N2O/c1-4-10(8-12-3)14-11-6-5-9(2)7-13-11/h5-7,10,12H,4,8H2,1-3H3. The summed E-state index contributed by atoms with van der Waals surface area (Å²) in [6, 6.07) is 3.92. The first-order valence-corrected chi connectivity index (χ1v) is 5.00. The fraction of sp³-hybridized carbons (Fsp3) is 0.545. The van der Waals surface area contributed by atoms with Crippen molar-refractivity contribution in [2.75, 3.05) is 13.6 Å². The molecule has 0 saturated heterocycles. The van der Waals surface area contributed by atoms with E-state index in [1.807, 2.05) is 32.3 Å². The molecular weight excluding hydrogens is 176 g/mol. The molecule has 1 aromatic rings. The van der Waals surface area contributed by atoms with Crippen LogP contribution in [0.1, 0.15) is 18.9 Å². The molecule has 14 heavy (non-hydrogen) atoms. The van der Waals surface area contributed by atoms with Gasteiger partial charge < -0.3 is 10.1 Å². The number of hydrogen-bond donors (Lipinski definition) is 1. The summed E-state index contributed by atoms with van der Waals surface area (Å²) in [7, 11) is 1.93. The average molecular weight is 194 g/mol. The quantitative estimate of drug-likeness (QED) is 0.775. The fourth-order valence-corrected chi connectivity index (χ4v) is 1.19. The maximum atomic E-state index is 5.69. The molecule has 1 rings (SSSR count). The van der Waals surface area contributed by atoms with Gasteiger partial charge in [-0.25, -0.2) is 4.98 Å². The number of likely N-dealkylation sites (N-methyl/N-ethyl adjacent to an activating group) is 1. The van der Waals surface area contributed by atoms with E-state index in [4.69, 9.17) is 4.74 Å². The van der Waals surface area contributed by atoms with Gasteiger partial charge >= 0.3 is 0 Å². The maximum Gasteiger partial charge on any atom is 0.213 e. The highest BCUT2D eigenvalue weighted by molar-refractivity contribution is 5.16. The lowest BCUT2D eigenvalue weighted by Crippen LogP contribution is -2.28. The van der Waals surface area contributed by atoms with Gasteiger partial charge in [-0.15, -0.1) is 0 Å². The van der Waals surface area contributed by atoms with Gasteiger partial charge in [0, 0.05) is 18.8 Å². The molecule has 0 aliphatic heterocycles. The SMILES string of the molecule is CCC(CNC)Oc1ccc(C)cn1. The normalized spacial score (nSPS) is 12.5. The van der Waals surface area contributed by atoms with Crippen LogP contribution in [0.4, 0.5) is 0 Å². The molecule has 1 unspecified atom stereocenters. The van der Waals surface area contributed by atoms with Crippen molar-refractivity contribution in [1.82, 2.24) is 10.3 Å². The van der Waals surface area contributed by atoms with Gasteiger partial charge in [0.2, 0.25) is 5.88 Å². The number of aromatic nitrogens is 1. The summed E-state index contributed by atoms with van der Waals surface area (Å²) >= 11 is 0. The zero-order chi connectivity index (χ0) is 10.4. The fourth-order valence-electron chi connectivity index (χ4n) is 1.19. The maximum absolute atomic E-state index is 5.69. The molecule has 1 atom stereocenters. The Kier molecular flexibility index (Phi) is 4.40. The van der Waals surface area contributed by atoms with Crippen LogP contribution in [0.2, 0.25) is 0 Å². The molecule has 1 N–H and O–H groups in total. The molecule has 3 nitrogen and oxygen atoms in total. The van der Waals surface area contributed by atoms with Crippen LogP contribution in [0, 0.1) is 6.92 Å². The Morgan fingerprint density at radius 2 is 2.29 bits per heavy atom. The van der Waals surface area contributed by atoms with Crippen LogP contribution in [-0.2, 0) is 0 Å². The number of aryl methyl sites for hydroxylation is 1. The van der Waals surface area contributed by atoms with Gasteiger partial charge in [0.15, 0.2) is 0 Å². The van der Waals surface area contributed by atoms with E-state index in [0.29, 0.717) is 5.88 Å². The molecule has 0 aliphatic rings. The minimum absolute atomic E-state index is 0.204. The predicted molar refractivity (Wildman–Crippen MR) is 57.6 cm³/mol. The number of nitrogens with zero attached hydrogens (tertiary/aromatic N) is 1. The minimum atomic E-state index is 0.204. The zero-order valence-electron chi connectivity index (χ0n) is 9.08. The second kappa shape index (κ2) is 5.60. The van der Waals surface area contributed by atoms with Crippen molar-refractivity contribution in [1.29, 1.82) is 0 Å². The molecule has 0 radical (unpaired) electrons. The van der Waals surface area contributed by atoms with Crippen molar-refractivity contribution < 1.29 is 4.74 Å². The van der Waals surface area contributed by atoms with Gasteiger partial charge in [-0.3, -0.25) is 0 Å². The molecule has 0 fully saturated rings. The molecule has 78 valence electrons. The second-order valence-corrected chi connectivity index (χ2v) is 3.38. The number of rotatable bonds is 5. The topological polar surface area (TPSA) is 34.1 Å². The van der Waals surface area contributed by atoms with Gasteiger partial charge in [0.25, 0.3) is 0 Å². The Hall–Kier alpha value is -1.09. The largest absolute Gasteiger partial charge is 0.473 e. The zero-order valence-corrected chi connectivity index (χ0v) is 9.08. The van der Waals surface area contributed by atoms with Crippen molar-refractivity contribution in [2.45, 2.75) is 26.4 Å². The Morgan fingerprint density at radius 3 is 2.79 bits per heavy atom. The Labute approximate surface area is 85.5 Å². The summed E-state index contributed by atoms with van der Waals surface area (Å²) < 4.78 is 5.69. The van der Waals surface area contributed by atoms with E-state index in [1.54, 1.807) is 0 Å². The third-order valence-corrected chi connectivity index (χ3v) is 2.06. The molecule has 0 amide bonds. The van der Waals surface area contributed by atoms with E-state index in [2.05, 4.69) is 17.2 Å². The predicted octanol–water partition coefficient (Wildman–Crippen LogP) is 1.77. The summed E-state index contributed by atoms with van der Waals surface area (Å²) in [5, 5.41) is 3.10. The minimum Gasteiger partial charge on any atom is -0.473 e. The highest BCUT2D eigenvalue weighted by Gasteiger charge is 2.06. The van der Waals surface area contributed by atoms with E-state index in [9.17, 15) is 0 Å². The van der Waals surface area contributed by atoms with Crippen molar-refractivity contribution in [3.05, 3.63) is 23.9 Å². The van der Waals surface area contributed by atoms with E-state index >= 15 is 0 Å². The van der Waals surface area contributed by atoms with Crippen LogP contribution in [0.25, 0.3) is 0 Å². The molecule has 0 aromatic carbocycles. The van der Waals surface area contributed by atoms with Gasteiger partial charge in [0.05, 0.1) is 0 Å². The van der Waals surface area contributed by atoms with Crippen LogP contribution < -0.4 is 10.1 Å². The van der Waals surface area contributed by atoms with E-state index < -0.39 is 0 Å².